The Balaban J connectivity index is 2.21. The molecule has 1 aliphatic carbocycles. The van der Waals surface area contributed by atoms with Crippen molar-refractivity contribution in [1.82, 2.24) is 0 Å². The van der Waals surface area contributed by atoms with Gasteiger partial charge in [-0.15, -0.1) is 0 Å². The molecule has 1 saturated carbocycles. The topological polar surface area (TPSA) is 15.3 Å². The molecule has 0 aromatic heterocycles. The molecule has 1 aromatic carbocycles. The van der Waals surface area contributed by atoms with Gasteiger partial charge in [0.1, 0.15) is 0 Å². The van der Waals surface area contributed by atoms with Crippen LogP contribution >= 0.6 is 11.6 Å². The zero-order valence-electron chi connectivity index (χ0n) is 9.96. The molecular weight excluding hydrogens is 220 g/mol. The number of nitrogens with zero attached hydrogens (tertiary/aromatic N) is 1. The predicted octanol–water partition coefficient (Wildman–Crippen LogP) is 3.76. The number of para-hydroxylation sites is 1. The van der Waals surface area contributed by atoms with Crippen LogP contribution in [0.4, 0.5) is 11.4 Å². The fourth-order valence-corrected chi connectivity index (χ4v) is 2.72. The van der Waals surface area contributed by atoms with E-state index in [1.165, 1.54) is 25.7 Å². The summed E-state index contributed by atoms with van der Waals surface area (Å²) in [6, 6.07) is 6.68. The van der Waals surface area contributed by atoms with Crippen LogP contribution in [0.3, 0.4) is 0 Å². The van der Waals surface area contributed by atoms with Crippen LogP contribution in [0.5, 0.6) is 0 Å². The van der Waals surface area contributed by atoms with E-state index in [9.17, 15) is 0 Å². The van der Waals surface area contributed by atoms with Crippen LogP contribution in [0.2, 0.25) is 5.02 Å². The van der Waals surface area contributed by atoms with E-state index in [2.05, 4.69) is 16.3 Å². The number of hydrogen-bond donors (Lipinski definition) is 1. The summed E-state index contributed by atoms with van der Waals surface area (Å²) < 4.78 is 0. The second-order valence-corrected chi connectivity index (χ2v) is 5.06. The first kappa shape index (κ1) is 11.6. The maximum Gasteiger partial charge on any atom is 0.0786 e. The van der Waals surface area contributed by atoms with Gasteiger partial charge in [-0.1, -0.05) is 30.5 Å². The van der Waals surface area contributed by atoms with E-state index in [1.54, 1.807) is 0 Å². The quantitative estimate of drug-likeness (QED) is 0.863. The molecular formula is C13H19ClN2. The van der Waals surface area contributed by atoms with Gasteiger partial charge in [-0.05, 0) is 25.0 Å². The molecule has 88 valence electrons. The highest BCUT2D eigenvalue weighted by molar-refractivity contribution is 6.34. The Labute approximate surface area is 103 Å². The van der Waals surface area contributed by atoms with Gasteiger partial charge in [0.25, 0.3) is 0 Å². The van der Waals surface area contributed by atoms with Crippen LogP contribution in [0, 0.1) is 0 Å². The van der Waals surface area contributed by atoms with E-state index < -0.39 is 0 Å². The Morgan fingerprint density at radius 1 is 1.25 bits per heavy atom. The summed E-state index contributed by atoms with van der Waals surface area (Å²) in [4.78, 5) is 2.07. The third-order valence-corrected chi connectivity index (χ3v) is 3.45. The molecule has 2 nitrogen and oxygen atoms in total. The summed E-state index contributed by atoms with van der Waals surface area (Å²) in [5.74, 6) is 0. The Hall–Kier alpha value is -0.890. The van der Waals surface area contributed by atoms with E-state index in [0.717, 1.165) is 16.4 Å². The average Bonchev–Trinajstić information content (AvgIpc) is 2.70. The molecule has 0 bridgehead atoms. The van der Waals surface area contributed by atoms with Crippen molar-refractivity contribution < 1.29 is 0 Å². The molecule has 3 heteroatoms. The Bertz CT molecular complexity index is 357. The Kier molecular flexibility index (Phi) is 3.59. The second kappa shape index (κ2) is 4.96. The zero-order valence-corrected chi connectivity index (χ0v) is 10.7. The fraction of sp³-hybridized carbons (Fsp3) is 0.538. The van der Waals surface area contributed by atoms with Crippen molar-refractivity contribution in [2.45, 2.75) is 31.7 Å². The second-order valence-electron chi connectivity index (χ2n) is 4.66. The first-order valence-corrected chi connectivity index (χ1v) is 6.28. The van der Waals surface area contributed by atoms with Crippen LogP contribution in [0.1, 0.15) is 25.7 Å². The predicted molar refractivity (Wildman–Crippen MR) is 71.7 cm³/mol. The summed E-state index contributed by atoms with van der Waals surface area (Å²) in [6.45, 7) is 0. The van der Waals surface area contributed by atoms with E-state index in [1.807, 2.05) is 26.2 Å². The standard InChI is InChI=1S/C13H19ClN2/c1-16(2)13-11(14)8-5-9-12(13)15-10-6-3-4-7-10/h5,8-10,15H,3-4,6-7H2,1-2H3. The van der Waals surface area contributed by atoms with E-state index >= 15 is 0 Å². The van der Waals surface area contributed by atoms with Crippen LogP contribution in [0.25, 0.3) is 0 Å². The smallest absolute Gasteiger partial charge is 0.0786 e. The molecule has 1 aliphatic rings. The largest absolute Gasteiger partial charge is 0.381 e. The van der Waals surface area contributed by atoms with Crippen molar-refractivity contribution >= 4 is 23.0 Å². The molecule has 2 rings (SSSR count). The highest BCUT2D eigenvalue weighted by Gasteiger charge is 2.17. The highest BCUT2D eigenvalue weighted by atomic mass is 35.5. The van der Waals surface area contributed by atoms with Crippen molar-refractivity contribution in [3.63, 3.8) is 0 Å². The lowest BCUT2D eigenvalue weighted by atomic mass is 10.2. The molecule has 0 radical (unpaired) electrons. The molecule has 0 unspecified atom stereocenters. The number of rotatable bonds is 3. The van der Waals surface area contributed by atoms with Gasteiger partial charge < -0.3 is 10.2 Å². The SMILES string of the molecule is CN(C)c1c(Cl)cccc1NC1CCCC1. The molecule has 0 heterocycles. The lowest BCUT2D eigenvalue weighted by molar-refractivity contribution is 0.755. The molecule has 0 amide bonds. The van der Waals surface area contributed by atoms with E-state index in [0.29, 0.717) is 6.04 Å². The van der Waals surface area contributed by atoms with Crippen molar-refractivity contribution in [2.24, 2.45) is 0 Å². The number of nitrogens with one attached hydrogen (secondary N) is 1. The highest BCUT2D eigenvalue weighted by Crippen LogP contribution is 2.34. The maximum absolute atomic E-state index is 6.23. The van der Waals surface area contributed by atoms with Gasteiger partial charge in [0.05, 0.1) is 16.4 Å². The summed E-state index contributed by atoms with van der Waals surface area (Å²) in [6.07, 6.45) is 5.24. The number of halogens is 1. The summed E-state index contributed by atoms with van der Waals surface area (Å²) >= 11 is 6.23. The first-order chi connectivity index (χ1) is 7.68. The number of benzene rings is 1. The van der Waals surface area contributed by atoms with Crippen molar-refractivity contribution in [3.8, 4) is 0 Å². The molecule has 0 spiro atoms. The third-order valence-electron chi connectivity index (χ3n) is 3.15. The van der Waals surface area contributed by atoms with E-state index in [-0.39, 0.29) is 0 Å². The Morgan fingerprint density at radius 2 is 1.94 bits per heavy atom. The minimum atomic E-state index is 0.622. The van der Waals surface area contributed by atoms with Gasteiger partial charge in [-0.2, -0.15) is 0 Å². The minimum Gasteiger partial charge on any atom is -0.381 e. The normalized spacial score (nSPS) is 16.4. The Morgan fingerprint density at radius 3 is 2.56 bits per heavy atom. The third kappa shape index (κ3) is 2.43. The van der Waals surface area contributed by atoms with Crippen LogP contribution < -0.4 is 10.2 Å². The summed E-state index contributed by atoms with van der Waals surface area (Å²) in [5.41, 5.74) is 2.25. The number of anilines is 2. The molecule has 1 aromatic rings. The van der Waals surface area contributed by atoms with Gasteiger partial charge in [-0.25, -0.2) is 0 Å². The van der Waals surface area contributed by atoms with Gasteiger partial charge >= 0.3 is 0 Å². The van der Waals surface area contributed by atoms with Gasteiger partial charge in [0.15, 0.2) is 0 Å². The molecule has 1 N–H and O–H groups in total. The van der Waals surface area contributed by atoms with Gasteiger partial charge in [0, 0.05) is 20.1 Å². The van der Waals surface area contributed by atoms with Crippen molar-refractivity contribution in [3.05, 3.63) is 23.2 Å². The monoisotopic (exact) mass is 238 g/mol. The lowest BCUT2D eigenvalue weighted by Gasteiger charge is -2.22. The van der Waals surface area contributed by atoms with Gasteiger partial charge in [-0.3, -0.25) is 0 Å². The summed E-state index contributed by atoms with van der Waals surface area (Å²) in [7, 11) is 4.06. The lowest BCUT2D eigenvalue weighted by Crippen LogP contribution is -2.18. The van der Waals surface area contributed by atoms with Crippen LogP contribution in [-0.2, 0) is 0 Å². The molecule has 0 atom stereocenters. The van der Waals surface area contributed by atoms with Gasteiger partial charge in [0.2, 0.25) is 0 Å². The zero-order chi connectivity index (χ0) is 11.5. The molecule has 16 heavy (non-hydrogen) atoms. The van der Waals surface area contributed by atoms with E-state index in [4.69, 9.17) is 11.6 Å². The van der Waals surface area contributed by atoms with Crippen molar-refractivity contribution in [2.75, 3.05) is 24.3 Å². The minimum absolute atomic E-state index is 0.622. The van der Waals surface area contributed by atoms with Crippen LogP contribution in [-0.4, -0.2) is 20.1 Å². The fourth-order valence-electron chi connectivity index (χ4n) is 2.38. The number of hydrogen-bond acceptors (Lipinski definition) is 2. The maximum atomic E-state index is 6.23. The van der Waals surface area contributed by atoms with Crippen LogP contribution in [0.15, 0.2) is 18.2 Å². The molecule has 0 aliphatic heterocycles. The average molecular weight is 239 g/mol. The first-order valence-electron chi connectivity index (χ1n) is 5.91. The summed E-state index contributed by atoms with van der Waals surface area (Å²) in [5, 5.41) is 4.42. The van der Waals surface area contributed by atoms with Crippen molar-refractivity contribution in [1.29, 1.82) is 0 Å². The molecule has 1 fully saturated rings. The molecule has 0 saturated heterocycles.